The van der Waals surface area contributed by atoms with E-state index in [1.807, 2.05) is 53.2 Å². The first-order valence-electron chi connectivity index (χ1n) is 11.2. The van der Waals surface area contributed by atoms with E-state index < -0.39 is 19.7 Å². The molecule has 2 aromatic heterocycles. The predicted octanol–water partition coefficient (Wildman–Crippen LogP) is 6.94. The van der Waals surface area contributed by atoms with Gasteiger partial charge in [0.25, 0.3) is 0 Å². The van der Waals surface area contributed by atoms with Gasteiger partial charge in [-0.05, 0) is 60.7 Å². The average molecular weight is 479 g/mol. The van der Waals surface area contributed by atoms with Crippen LogP contribution < -0.4 is 5.32 Å². The number of anilines is 2. The average Bonchev–Trinajstić information content (AvgIpc) is 3.11. The Bertz CT molecular complexity index is 1280. The van der Waals surface area contributed by atoms with Crippen LogP contribution in [0.2, 0.25) is 25.7 Å². The molecule has 0 bridgehead atoms. The fraction of sp³-hybridized carbons (Fsp3) is 0.231. The number of pyridine rings is 1. The van der Waals surface area contributed by atoms with Crippen LogP contribution in [0.3, 0.4) is 0 Å². The van der Waals surface area contributed by atoms with E-state index in [4.69, 9.17) is 9.84 Å². The minimum atomic E-state index is -1.18. The number of fused-ring (bicyclic) bond motifs is 1. The molecular formula is C26H28F2N4OSi. The van der Waals surface area contributed by atoms with E-state index in [-0.39, 0.29) is 0 Å². The summed E-state index contributed by atoms with van der Waals surface area (Å²) in [6.45, 7) is 8.00. The van der Waals surface area contributed by atoms with Gasteiger partial charge in [0, 0.05) is 43.7 Å². The molecule has 0 amide bonds. The Morgan fingerprint density at radius 2 is 1.76 bits per heavy atom. The van der Waals surface area contributed by atoms with Gasteiger partial charge < -0.3 is 10.1 Å². The maximum atomic E-state index is 13.6. The molecular weight excluding hydrogens is 450 g/mol. The summed E-state index contributed by atoms with van der Waals surface area (Å²) >= 11 is 0. The van der Waals surface area contributed by atoms with Gasteiger partial charge in [0.2, 0.25) is 0 Å². The lowest BCUT2D eigenvalue weighted by molar-refractivity contribution is 0.0816. The van der Waals surface area contributed by atoms with Crippen molar-refractivity contribution in [2.45, 2.75) is 32.4 Å². The second-order valence-electron chi connectivity index (χ2n) is 9.34. The van der Waals surface area contributed by atoms with Crippen LogP contribution in [-0.4, -0.2) is 29.4 Å². The zero-order valence-corrected chi connectivity index (χ0v) is 20.6. The monoisotopic (exact) mass is 478 g/mol. The predicted molar refractivity (Wildman–Crippen MR) is 137 cm³/mol. The van der Waals surface area contributed by atoms with Gasteiger partial charge in [-0.15, -0.1) is 0 Å². The zero-order chi connectivity index (χ0) is 24.1. The Morgan fingerprint density at radius 1 is 0.971 bits per heavy atom. The fourth-order valence-electron chi connectivity index (χ4n) is 3.46. The number of benzene rings is 2. The minimum Gasteiger partial charge on any atom is -0.360 e. The van der Waals surface area contributed by atoms with E-state index in [0.717, 1.165) is 34.4 Å². The van der Waals surface area contributed by atoms with E-state index in [1.165, 1.54) is 12.1 Å². The molecule has 4 rings (SSSR count). The Labute approximate surface area is 199 Å². The van der Waals surface area contributed by atoms with Crippen LogP contribution in [-0.2, 0) is 11.5 Å². The number of nitrogens with zero attached hydrogens (tertiary/aromatic N) is 3. The summed E-state index contributed by atoms with van der Waals surface area (Å²) in [5.41, 5.74) is 3.52. The SMILES string of the molecule is C[Si](C)(C)CCOCn1nc(C=Cc2ccccn2)c2cc(Nc3cc(F)cc(F)c3)ccc21. The largest absolute Gasteiger partial charge is 0.360 e. The number of hydrogen-bond donors (Lipinski definition) is 1. The van der Waals surface area contributed by atoms with Gasteiger partial charge >= 0.3 is 0 Å². The highest BCUT2D eigenvalue weighted by Crippen LogP contribution is 2.27. The Balaban J connectivity index is 1.63. The van der Waals surface area contributed by atoms with Crippen molar-refractivity contribution in [2.75, 3.05) is 11.9 Å². The molecule has 0 saturated carbocycles. The molecule has 34 heavy (non-hydrogen) atoms. The molecule has 176 valence electrons. The molecule has 0 unspecified atom stereocenters. The fourth-order valence-corrected chi connectivity index (χ4v) is 4.22. The van der Waals surface area contributed by atoms with Gasteiger partial charge in [-0.2, -0.15) is 5.10 Å². The molecule has 4 aromatic rings. The molecule has 0 aliphatic heterocycles. The molecule has 2 aromatic carbocycles. The molecule has 0 spiro atoms. The van der Waals surface area contributed by atoms with Crippen LogP contribution >= 0.6 is 0 Å². The zero-order valence-electron chi connectivity index (χ0n) is 19.6. The first-order valence-corrected chi connectivity index (χ1v) is 14.9. The van der Waals surface area contributed by atoms with Crippen LogP contribution in [0, 0.1) is 11.6 Å². The summed E-state index contributed by atoms with van der Waals surface area (Å²) in [6.07, 6.45) is 5.55. The maximum absolute atomic E-state index is 13.6. The van der Waals surface area contributed by atoms with Crippen molar-refractivity contribution < 1.29 is 13.5 Å². The molecule has 0 atom stereocenters. The summed E-state index contributed by atoms with van der Waals surface area (Å²) in [4.78, 5) is 4.33. The summed E-state index contributed by atoms with van der Waals surface area (Å²) in [7, 11) is -1.18. The number of halogens is 2. The van der Waals surface area contributed by atoms with Gasteiger partial charge in [-0.3, -0.25) is 4.98 Å². The van der Waals surface area contributed by atoms with Crippen molar-refractivity contribution in [1.29, 1.82) is 0 Å². The van der Waals surface area contributed by atoms with Crippen molar-refractivity contribution in [3.63, 3.8) is 0 Å². The van der Waals surface area contributed by atoms with Gasteiger partial charge in [-0.25, -0.2) is 13.5 Å². The molecule has 1 N–H and O–H groups in total. The highest BCUT2D eigenvalue weighted by atomic mass is 28.3. The molecule has 2 heterocycles. The number of rotatable bonds is 9. The van der Waals surface area contributed by atoms with Gasteiger partial charge in [0.05, 0.1) is 16.9 Å². The number of aromatic nitrogens is 3. The molecule has 0 radical (unpaired) electrons. The van der Waals surface area contributed by atoms with Crippen molar-refractivity contribution in [3.8, 4) is 0 Å². The van der Waals surface area contributed by atoms with Crippen molar-refractivity contribution >= 4 is 42.5 Å². The van der Waals surface area contributed by atoms with Gasteiger partial charge in [0.15, 0.2) is 0 Å². The molecule has 0 fully saturated rings. The van der Waals surface area contributed by atoms with Crippen LogP contribution in [0.25, 0.3) is 23.1 Å². The topological polar surface area (TPSA) is 52.0 Å². The number of ether oxygens (including phenoxy) is 1. The molecule has 8 heteroatoms. The van der Waals surface area contributed by atoms with Gasteiger partial charge in [0.1, 0.15) is 18.4 Å². The molecule has 5 nitrogen and oxygen atoms in total. The molecule has 0 aliphatic carbocycles. The second kappa shape index (κ2) is 10.3. The molecule has 0 saturated heterocycles. The van der Waals surface area contributed by atoms with E-state index in [0.29, 0.717) is 24.7 Å². The van der Waals surface area contributed by atoms with E-state index in [1.54, 1.807) is 6.20 Å². The summed E-state index contributed by atoms with van der Waals surface area (Å²) in [5, 5.41) is 8.72. The van der Waals surface area contributed by atoms with Gasteiger partial charge in [-0.1, -0.05) is 25.7 Å². The van der Waals surface area contributed by atoms with Crippen LogP contribution in [0.4, 0.5) is 20.2 Å². The molecule has 0 aliphatic rings. The number of nitrogens with one attached hydrogen (secondary N) is 1. The number of hydrogen-bond acceptors (Lipinski definition) is 4. The minimum absolute atomic E-state index is 0.337. The van der Waals surface area contributed by atoms with Crippen molar-refractivity contribution in [1.82, 2.24) is 14.8 Å². The van der Waals surface area contributed by atoms with E-state index >= 15 is 0 Å². The normalized spacial score (nSPS) is 12.0. The summed E-state index contributed by atoms with van der Waals surface area (Å²) in [6, 6.07) is 15.9. The second-order valence-corrected chi connectivity index (χ2v) is 15.0. The first kappa shape index (κ1) is 23.8. The standard InChI is InChI=1S/C26H28F2N4OSi/c1-34(2,3)13-12-33-18-32-26-10-8-22(30-23-15-19(27)14-20(28)16-23)17-24(26)25(31-32)9-7-21-6-4-5-11-29-21/h4-11,14-17,30H,12-13,18H2,1-3H3. The van der Waals surface area contributed by atoms with Crippen LogP contribution in [0.15, 0.2) is 60.8 Å². The van der Waals surface area contributed by atoms with Crippen LogP contribution in [0.5, 0.6) is 0 Å². The lowest BCUT2D eigenvalue weighted by Gasteiger charge is -2.15. The smallest absolute Gasteiger partial charge is 0.140 e. The first-order chi connectivity index (χ1) is 16.3. The van der Waals surface area contributed by atoms with E-state index in [9.17, 15) is 8.78 Å². The quantitative estimate of drug-likeness (QED) is 0.209. The van der Waals surface area contributed by atoms with E-state index in [2.05, 4.69) is 29.9 Å². The maximum Gasteiger partial charge on any atom is 0.140 e. The highest BCUT2D eigenvalue weighted by molar-refractivity contribution is 6.76. The lowest BCUT2D eigenvalue weighted by atomic mass is 10.1. The third kappa shape index (κ3) is 6.36. The summed E-state index contributed by atoms with van der Waals surface area (Å²) < 4.78 is 35.0. The Morgan fingerprint density at radius 3 is 2.47 bits per heavy atom. The lowest BCUT2D eigenvalue weighted by Crippen LogP contribution is -2.22. The summed E-state index contributed by atoms with van der Waals surface area (Å²) in [5.74, 6) is -1.27. The third-order valence-electron chi connectivity index (χ3n) is 5.24. The Hall–Kier alpha value is -3.36. The van der Waals surface area contributed by atoms with Crippen molar-refractivity contribution in [2.24, 2.45) is 0 Å². The van der Waals surface area contributed by atoms with Crippen molar-refractivity contribution in [3.05, 3.63) is 83.8 Å². The Kier molecular flexibility index (Phi) is 7.19. The third-order valence-corrected chi connectivity index (χ3v) is 6.94. The highest BCUT2D eigenvalue weighted by Gasteiger charge is 2.14. The van der Waals surface area contributed by atoms with Crippen LogP contribution in [0.1, 0.15) is 11.4 Å².